The predicted octanol–water partition coefficient (Wildman–Crippen LogP) is 3.34. The Balaban J connectivity index is 2.03. The van der Waals surface area contributed by atoms with Gasteiger partial charge in [0.25, 0.3) is 0 Å². The van der Waals surface area contributed by atoms with Gasteiger partial charge in [-0.25, -0.2) is 0 Å². The largest absolute Gasteiger partial charge is 0.490 e. The quantitative estimate of drug-likeness (QED) is 0.726. The lowest BCUT2D eigenvalue weighted by Gasteiger charge is -2.14. The van der Waals surface area contributed by atoms with Gasteiger partial charge in [-0.3, -0.25) is 4.68 Å². The number of nitrogens with zero attached hydrogens (tertiary/aromatic N) is 2. The van der Waals surface area contributed by atoms with Gasteiger partial charge < -0.3 is 9.47 Å². The summed E-state index contributed by atoms with van der Waals surface area (Å²) in [6.45, 7) is 3.21. The van der Waals surface area contributed by atoms with Crippen LogP contribution in [0.25, 0.3) is 0 Å². The smallest absolute Gasteiger partial charge is 0.165 e. The Kier molecular flexibility index (Phi) is 5.47. The van der Waals surface area contributed by atoms with Crippen LogP contribution in [0.3, 0.4) is 0 Å². The molecule has 0 atom stereocenters. The normalized spacial score (nSPS) is 10.6. The van der Waals surface area contributed by atoms with Gasteiger partial charge in [-0.1, -0.05) is 28.1 Å². The number of halogens is 1. The van der Waals surface area contributed by atoms with Crippen molar-refractivity contribution in [3.05, 3.63) is 41.7 Å². The monoisotopic (exact) mass is 338 g/mol. The summed E-state index contributed by atoms with van der Waals surface area (Å²) in [5.74, 6) is 1.63. The Bertz CT molecular complexity index is 555. The summed E-state index contributed by atoms with van der Waals surface area (Å²) in [5.41, 5.74) is 2.27. The molecule has 1 aromatic carbocycles. The molecule has 0 unspecified atom stereocenters. The Labute approximate surface area is 127 Å². The second kappa shape index (κ2) is 7.33. The highest BCUT2D eigenvalue weighted by molar-refractivity contribution is 9.08. The van der Waals surface area contributed by atoms with Crippen molar-refractivity contribution in [1.29, 1.82) is 0 Å². The maximum atomic E-state index is 5.93. The average Bonchev–Trinajstić information content (AvgIpc) is 2.86. The van der Waals surface area contributed by atoms with Crippen LogP contribution < -0.4 is 9.47 Å². The first-order valence-electron chi connectivity index (χ1n) is 6.65. The van der Waals surface area contributed by atoms with E-state index in [-0.39, 0.29) is 0 Å². The van der Waals surface area contributed by atoms with Crippen molar-refractivity contribution in [2.45, 2.75) is 18.7 Å². The zero-order valence-electron chi connectivity index (χ0n) is 11.8. The lowest BCUT2D eigenvalue weighted by Crippen LogP contribution is -2.05. The molecular weight excluding hydrogens is 320 g/mol. The lowest BCUT2D eigenvalue weighted by molar-refractivity contribution is 0.277. The zero-order chi connectivity index (χ0) is 14.4. The molecule has 2 aromatic rings. The SMILES string of the molecule is CCOc1cccc(CBr)c1OCCc1cnn(C)c1. The third-order valence-corrected chi connectivity index (χ3v) is 3.50. The van der Waals surface area contributed by atoms with Crippen LogP contribution in [0.1, 0.15) is 18.1 Å². The van der Waals surface area contributed by atoms with Gasteiger partial charge in [-0.05, 0) is 18.6 Å². The highest BCUT2D eigenvalue weighted by Crippen LogP contribution is 2.32. The summed E-state index contributed by atoms with van der Waals surface area (Å²) in [7, 11) is 1.91. The van der Waals surface area contributed by atoms with Crippen molar-refractivity contribution in [3.8, 4) is 11.5 Å². The molecule has 0 aliphatic heterocycles. The van der Waals surface area contributed by atoms with E-state index in [0.717, 1.165) is 28.8 Å². The van der Waals surface area contributed by atoms with Gasteiger partial charge in [-0.15, -0.1) is 0 Å². The topological polar surface area (TPSA) is 36.3 Å². The maximum Gasteiger partial charge on any atom is 0.165 e. The Hall–Kier alpha value is -1.49. The molecule has 0 radical (unpaired) electrons. The fraction of sp³-hybridized carbons (Fsp3) is 0.400. The zero-order valence-corrected chi connectivity index (χ0v) is 13.4. The van der Waals surface area contributed by atoms with Crippen molar-refractivity contribution in [1.82, 2.24) is 9.78 Å². The van der Waals surface area contributed by atoms with E-state index in [0.29, 0.717) is 13.2 Å². The van der Waals surface area contributed by atoms with Gasteiger partial charge in [0.05, 0.1) is 19.4 Å². The molecule has 0 bridgehead atoms. The Morgan fingerprint density at radius 3 is 2.80 bits per heavy atom. The van der Waals surface area contributed by atoms with Crippen LogP contribution in [0.4, 0.5) is 0 Å². The average molecular weight is 339 g/mol. The van der Waals surface area contributed by atoms with Crippen LogP contribution in [0.15, 0.2) is 30.6 Å². The molecule has 2 rings (SSSR count). The first kappa shape index (κ1) is 14.9. The van der Waals surface area contributed by atoms with E-state index < -0.39 is 0 Å². The lowest BCUT2D eigenvalue weighted by atomic mass is 10.2. The summed E-state index contributed by atoms with van der Waals surface area (Å²) in [6.07, 6.45) is 4.70. The van der Waals surface area contributed by atoms with Gasteiger partial charge in [-0.2, -0.15) is 5.10 Å². The van der Waals surface area contributed by atoms with E-state index in [2.05, 4.69) is 21.0 Å². The summed E-state index contributed by atoms with van der Waals surface area (Å²) in [5, 5.41) is 4.90. The van der Waals surface area contributed by atoms with Gasteiger partial charge in [0.1, 0.15) is 0 Å². The molecule has 0 saturated heterocycles. The second-order valence-electron chi connectivity index (χ2n) is 4.43. The molecule has 0 aliphatic carbocycles. The third kappa shape index (κ3) is 3.76. The number of aromatic nitrogens is 2. The summed E-state index contributed by atoms with van der Waals surface area (Å²) in [6, 6.07) is 5.96. The van der Waals surface area contributed by atoms with Crippen molar-refractivity contribution in [3.63, 3.8) is 0 Å². The van der Waals surface area contributed by atoms with Crippen molar-refractivity contribution >= 4 is 15.9 Å². The van der Waals surface area contributed by atoms with Crippen LogP contribution in [0, 0.1) is 0 Å². The molecule has 0 spiro atoms. The van der Waals surface area contributed by atoms with Gasteiger partial charge in [0.2, 0.25) is 0 Å². The van der Waals surface area contributed by atoms with Gasteiger partial charge in [0, 0.05) is 30.6 Å². The number of benzene rings is 1. The van der Waals surface area contributed by atoms with E-state index in [1.54, 1.807) is 4.68 Å². The van der Waals surface area contributed by atoms with Crippen LogP contribution >= 0.6 is 15.9 Å². The molecule has 1 heterocycles. The first-order valence-corrected chi connectivity index (χ1v) is 7.77. The number of rotatable bonds is 7. The molecule has 0 N–H and O–H groups in total. The highest BCUT2D eigenvalue weighted by Gasteiger charge is 2.10. The van der Waals surface area contributed by atoms with E-state index in [1.807, 2.05) is 44.6 Å². The minimum atomic E-state index is 0.607. The number of hydrogen-bond donors (Lipinski definition) is 0. The van der Waals surface area contributed by atoms with Crippen LogP contribution in [0.5, 0.6) is 11.5 Å². The number of alkyl halides is 1. The fourth-order valence-corrected chi connectivity index (χ4v) is 2.41. The van der Waals surface area contributed by atoms with Crippen LogP contribution in [0.2, 0.25) is 0 Å². The highest BCUT2D eigenvalue weighted by atomic mass is 79.9. The number of ether oxygens (including phenoxy) is 2. The minimum Gasteiger partial charge on any atom is -0.490 e. The fourth-order valence-electron chi connectivity index (χ4n) is 1.97. The predicted molar refractivity (Wildman–Crippen MR) is 82.6 cm³/mol. The Morgan fingerprint density at radius 1 is 1.30 bits per heavy atom. The first-order chi connectivity index (χ1) is 9.74. The summed E-state index contributed by atoms with van der Waals surface area (Å²) in [4.78, 5) is 0. The van der Waals surface area contributed by atoms with Crippen molar-refractivity contribution < 1.29 is 9.47 Å². The summed E-state index contributed by atoms with van der Waals surface area (Å²) >= 11 is 3.48. The molecule has 5 heteroatoms. The third-order valence-electron chi connectivity index (χ3n) is 2.90. The Morgan fingerprint density at radius 2 is 2.15 bits per heavy atom. The molecule has 20 heavy (non-hydrogen) atoms. The van der Waals surface area contributed by atoms with Gasteiger partial charge in [0.15, 0.2) is 11.5 Å². The standard InChI is InChI=1S/C15H19BrN2O2/c1-3-19-14-6-4-5-13(9-16)15(14)20-8-7-12-10-17-18(2)11-12/h4-6,10-11H,3,7-9H2,1-2H3. The van der Waals surface area contributed by atoms with E-state index in [9.17, 15) is 0 Å². The molecule has 4 nitrogen and oxygen atoms in total. The second-order valence-corrected chi connectivity index (χ2v) is 4.99. The number of hydrogen-bond acceptors (Lipinski definition) is 3. The van der Waals surface area contributed by atoms with E-state index in [4.69, 9.17) is 9.47 Å². The van der Waals surface area contributed by atoms with E-state index in [1.165, 1.54) is 5.56 Å². The molecule has 0 saturated carbocycles. The molecule has 1 aromatic heterocycles. The molecule has 0 aliphatic rings. The van der Waals surface area contributed by atoms with Crippen molar-refractivity contribution in [2.24, 2.45) is 7.05 Å². The summed E-state index contributed by atoms with van der Waals surface area (Å²) < 4.78 is 13.4. The number of para-hydroxylation sites is 1. The number of aryl methyl sites for hydroxylation is 1. The minimum absolute atomic E-state index is 0.607. The van der Waals surface area contributed by atoms with Crippen LogP contribution in [-0.2, 0) is 18.8 Å². The van der Waals surface area contributed by atoms with E-state index >= 15 is 0 Å². The molecular formula is C15H19BrN2O2. The molecule has 108 valence electrons. The molecule has 0 fully saturated rings. The maximum absolute atomic E-state index is 5.93. The van der Waals surface area contributed by atoms with Gasteiger partial charge >= 0.3 is 0 Å². The molecule has 0 amide bonds. The van der Waals surface area contributed by atoms with Crippen LogP contribution in [-0.4, -0.2) is 23.0 Å². The van der Waals surface area contributed by atoms with Crippen molar-refractivity contribution in [2.75, 3.05) is 13.2 Å².